The number of aryl methyl sites for hydroxylation is 1. The number of aromatic nitrogens is 2. The number of ketones is 1. The number of likely N-dealkylation sites (tertiary alicyclic amines) is 1. The summed E-state index contributed by atoms with van der Waals surface area (Å²) in [6.45, 7) is 2.15. The predicted molar refractivity (Wildman–Crippen MR) is 106 cm³/mol. The standard InChI is InChI=1S/C22H23N3O3/c1-15(26)16-7-5-8-17(13-16)28-14-21(27)25-12-6-11-20(25)22-23-18-9-3-4-10-19(18)24(22)2/h3-5,7-10,13,20H,6,11-12,14H2,1-2H3. The molecule has 0 N–H and O–H groups in total. The summed E-state index contributed by atoms with van der Waals surface area (Å²) in [5.41, 5.74) is 2.58. The van der Waals surface area contributed by atoms with Crippen molar-refractivity contribution in [3.63, 3.8) is 0 Å². The Morgan fingerprint density at radius 2 is 2.00 bits per heavy atom. The number of hydrogen-bond donors (Lipinski definition) is 0. The lowest BCUT2D eigenvalue weighted by Crippen LogP contribution is -2.35. The van der Waals surface area contributed by atoms with Gasteiger partial charge in [0, 0.05) is 19.2 Å². The monoisotopic (exact) mass is 377 g/mol. The summed E-state index contributed by atoms with van der Waals surface area (Å²) in [7, 11) is 2.00. The second kappa shape index (κ2) is 7.46. The summed E-state index contributed by atoms with van der Waals surface area (Å²) in [6, 6.07) is 14.9. The maximum Gasteiger partial charge on any atom is 0.261 e. The molecule has 0 saturated carbocycles. The molecular formula is C22H23N3O3. The van der Waals surface area contributed by atoms with Gasteiger partial charge in [-0.2, -0.15) is 0 Å². The number of nitrogens with zero attached hydrogens (tertiary/aromatic N) is 3. The van der Waals surface area contributed by atoms with E-state index in [9.17, 15) is 9.59 Å². The summed E-state index contributed by atoms with van der Waals surface area (Å²) in [5, 5.41) is 0. The molecule has 1 unspecified atom stereocenters. The fourth-order valence-corrected chi connectivity index (χ4v) is 3.83. The van der Waals surface area contributed by atoms with E-state index in [1.807, 2.05) is 36.2 Å². The highest BCUT2D eigenvalue weighted by Gasteiger charge is 2.33. The first-order chi connectivity index (χ1) is 13.5. The maximum absolute atomic E-state index is 12.8. The SMILES string of the molecule is CC(=O)c1cccc(OCC(=O)N2CCCC2c2nc3ccccc3n2C)c1. The fraction of sp³-hybridized carbons (Fsp3) is 0.318. The molecule has 6 heteroatoms. The van der Waals surface area contributed by atoms with Gasteiger partial charge in [0.25, 0.3) is 5.91 Å². The van der Waals surface area contributed by atoms with Gasteiger partial charge in [-0.15, -0.1) is 0 Å². The van der Waals surface area contributed by atoms with Crippen molar-refractivity contribution >= 4 is 22.7 Å². The molecule has 144 valence electrons. The molecule has 2 aromatic carbocycles. The smallest absolute Gasteiger partial charge is 0.261 e. The number of ether oxygens (including phenoxy) is 1. The van der Waals surface area contributed by atoms with Gasteiger partial charge in [0.05, 0.1) is 17.1 Å². The number of Topliss-reactive ketones (excluding diaryl/α,β-unsaturated/α-hetero) is 1. The van der Waals surface area contributed by atoms with E-state index in [-0.39, 0.29) is 24.3 Å². The minimum atomic E-state index is -0.0669. The molecule has 2 heterocycles. The topological polar surface area (TPSA) is 64.4 Å². The number of imidazole rings is 1. The van der Waals surface area contributed by atoms with Crippen molar-refractivity contribution < 1.29 is 14.3 Å². The number of carbonyl (C=O) groups is 2. The van der Waals surface area contributed by atoms with Crippen LogP contribution < -0.4 is 4.74 Å². The second-order valence-corrected chi connectivity index (χ2v) is 7.14. The van der Waals surface area contributed by atoms with Crippen LogP contribution in [0.5, 0.6) is 5.75 Å². The molecule has 0 spiro atoms. The van der Waals surface area contributed by atoms with E-state index in [0.29, 0.717) is 17.9 Å². The molecule has 0 radical (unpaired) electrons. The lowest BCUT2D eigenvalue weighted by atomic mass is 10.1. The third-order valence-corrected chi connectivity index (χ3v) is 5.30. The fourth-order valence-electron chi connectivity index (χ4n) is 3.83. The van der Waals surface area contributed by atoms with Crippen LogP contribution in [-0.4, -0.2) is 39.3 Å². The minimum absolute atomic E-state index is 0.0294. The average molecular weight is 377 g/mol. The number of rotatable bonds is 5. The number of amides is 1. The molecule has 0 aliphatic carbocycles. The van der Waals surface area contributed by atoms with Crippen LogP contribution in [-0.2, 0) is 11.8 Å². The summed E-state index contributed by atoms with van der Waals surface area (Å²) < 4.78 is 7.75. The number of carbonyl (C=O) groups excluding carboxylic acids is 2. The number of para-hydroxylation sites is 2. The van der Waals surface area contributed by atoms with E-state index in [4.69, 9.17) is 9.72 Å². The molecule has 1 aromatic heterocycles. The van der Waals surface area contributed by atoms with Crippen LogP contribution in [0.4, 0.5) is 0 Å². The Labute approximate surface area is 163 Å². The van der Waals surface area contributed by atoms with Crippen LogP contribution >= 0.6 is 0 Å². The van der Waals surface area contributed by atoms with Crippen molar-refractivity contribution in [2.24, 2.45) is 7.05 Å². The van der Waals surface area contributed by atoms with Crippen molar-refractivity contribution in [2.45, 2.75) is 25.8 Å². The molecule has 1 fully saturated rings. The van der Waals surface area contributed by atoms with Crippen molar-refractivity contribution in [1.82, 2.24) is 14.5 Å². The Morgan fingerprint density at radius 1 is 1.18 bits per heavy atom. The zero-order valence-electron chi connectivity index (χ0n) is 16.1. The number of benzene rings is 2. The normalized spacial score (nSPS) is 16.5. The van der Waals surface area contributed by atoms with Crippen molar-refractivity contribution in [3.8, 4) is 5.75 Å². The summed E-state index contributed by atoms with van der Waals surface area (Å²) in [5.74, 6) is 1.34. The van der Waals surface area contributed by atoms with E-state index in [1.165, 1.54) is 6.92 Å². The molecule has 3 aromatic rings. The van der Waals surface area contributed by atoms with Gasteiger partial charge in [0.15, 0.2) is 12.4 Å². The maximum atomic E-state index is 12.8. The van der Waals surface area contributed by atoms with Crippen molar-refractivity contribution in [2.75, 3.05) is 13.2 Å². The van der Waals surface area contributed by atoms with E-state index in [2.05, 4.69) is 4.57 Å². The molecule has 0 bridgehead atoms. The lowest BCUT2D eigenvalue weighted by Gasteiger charge is -2.24. The highest BCUT2D eigenvalue weighted by molar-refractivity contribution is 5.94. The zero-order valence-corrected chi connectivity index (χ0v) is 16.1. The van der Waals surface area contributed by atoms with Crippen LogP contribution in [0.3, 0.4) is 0 Å². The van der Waals surface area contributed by atoms with Crippen LogP contribution in [0, 0.1) is 0 Å². The molecular weight excluding hydrogens is 354 g/mol. The van der Waals surface area contributed by atoms with Gasteiger partial charge in [-0.3, -0.25) is 9.59 Å². The molecule has 1 aliphatic heterocycles. The first kappa shape index (κ1) is 18.2. The largest absolute Gasteiger partial charge is 0.484 e. The Kier molecular flexibility index (Phi) is 4.86. The highest BCUT2D eigenvalue weighted by atomic mass is 16.5. The number of fused-ring (bicyclic) bond motifs is 1. The number of hydrogen-bond acceptors (Lipinski definition) is 4. The average Bonchev–Trinajstić information content (AvgIpc) is 3.31. The van der Waals surface area contributed by atoms with Gasteiger partial charge in [0.1, 0.15) is 11.6 Å². The predicted octanol–water partition coefficient (Wildman–Crippen LogP) is 3.52. The molecule has 1 saturated heterocycles. The Balaban J connectivity index is 1.50. The first-order valence-electron chi connectivity index (χ1n) is 9.49. The van der Waals surface area contributed by atoms with Crippen LogP contribution in [0.2, 0.25) is 0 Å². The van der Waals surface area contributed by atoms with Crippen molar-refractivity contribution in [1.29, 1.82) is 0 Å². The van der Waals surface area contributed by atoms with E-state index in [1.54, 1.807) is 24.3 Å². The lowest BCUT2D eigenvalue weighted by molar-refractivity contribution is -0.134. The summed E-state index contributed by atoms with van der Waals surface area (Å²) in [6.07, 6.45) is 1.84. The summed E-state index contributed by atoms with van der Waals surface area (Å²) in [4.78, 5) is 31.0. The third-order valence-electron chi connectivity index (χ3n) is 5.30. The zero-order chi connectivity index (χ0) is 19.7. The van der Waals surface area contributed by atoms with Gasteiger partial charge in [-0.1, -0.05) is 24.3 Å². The van der Waals surface area contributed by atoms with Crippen LogP contribution in [0.25, 0.3) is 11.0 Å². The van der Waals surface area contributed by atoms with E-state index in [0.717, 1.165) is 29.7 Å². The van der Waals surface area contributed by atoms with Gasteiger partial charge < -0.3 is 14.2 Å². The first-order valence-corrected chi connectivity index (χ1v) is 9.49. The van der Waals surface area contributed by atoms with Crippen LogP contribution in [0.15, 0.2) is 48.5 Å². The minimum Gasteiger partial charge on any atom is -0.484 e. The quantitative estimate of drug-likeness (QED) is 0.638. The molecule has 1 aliphatic rings. The molecule has 4 rings (SSSR count). The van der Waals surface area contributed by atoms with Crippen molar-refractivity contribution in [3.05, 3.63) is 59.9 Å². The molecule has 1 atom stereocenters. The van der Waals surface area contributed by atoms with Gasteiger partial charge in [0.2, 0.25) is 0 Å². The Hall–Kier alpha value is -3.15. The summed E-state index contributed by atoms with van der Waals surface area (Å²) >= 11 is 0. The second-order valence-electron chi connectivity index (χ2n) is 7.14. The third kappa shape index (κ3) is 3.38. The van der Waals surface area contributed by atoms with Crippen LogP contribution in [0.1, 0.15) is 42.0 Å². The van der Waals surface area contributed by atoms with E-state index >= 15 is 0 Å². The van der Waals surface area contributed by atoms with Gasteiger partial charge in [-0.25, -0.2) is 4.98 Å². The van der Waals surface area contributed by atoms with Gasteiger partial charge in [-0.05, 0) is 44.0 Å². The Morgan fingerprint density at radius 3 is 2.79 bits per heavy atom. The highest BCUT2D eigenvalue weighted by Crippen LogP contribution is 2.33. The van der Waals surface area contributed by atoms with Gasteiger partial charge >= 0.3 is 0 Å². The molecule has 28 heavy (non-hydrogen) atoms. The Bertz CT molecular complexity index is 1040. The van der Waals surface area contributed by atoms with E-state index < -0.39 is 0 Å². The molecule has 6 nitrogen and oxygen atoms in total. The molecule has 1 amide bonds.